The molecular weight excluding hydrogens is 238 g/mol. The van der Waals surface area contributed by atoms with Crippen molar-refractivity contribution in [3.8, 4) is 5.75 Å². The first-order chi connectivity index (χ1) is 9.19. The molecule has 3 heteroatoms. The molecule has 0 saturated carbocycles. The van der Waals surface area contributed by atoms with Crippen molar-refractivity contribution in [3.05, 3.63) is 29.8 Å². The van der Waals surface area contributed by atoms with Crippen molar-refractivity contribution in [1.82, 2.24) is 5.32 Å². The summed E-state index contributed by atoms with van der Waals surface area (Å²) in [7, 11) is 3.72. The third kappa shape index (κ3) is 5.62. The summed E-state index contributed by atoms with van der Waals surface area (Å²) in [5, 5.41) is 3.38. The minimum Gasteiger partial charge on any atom is -0.491 e. The zero-order valence-electron chi connectivity index (χ0n) is 12.6. The first kappa shape index (κ1) is 16.0. The second-order valence-corrected chi connectivity index (χ2v) is 5.13. The van der Waals surface area contributed by atoms with E-state index in [4.69, 9.17) is 9.47 Å². The van der Waals surface area contributed by atoms with Crippen LogP contribution in [0.3, 0.4) is 0 Å². The maximum absolute atomic E-state index is 5.76. The third-order valence-corrected chi connectivity index (χ3v) is 3.42. The van der Waals surface area contributed by atoms with E-state index in [1.165, 1.54) is 5.56 Å². The molecule has 0 bridgehead atoms. The predicted octanol–water partition coefficient (Wildman–Crippen LogP) is 2.89. The molecule has 0 fully saturated rings. The van der Waals surface area contributed by atoms with E-state index in [2.05, 4.69) is 31.3 Å². The van der Waals surface area contributed by atoms with Gasteiger partial charge < -0.3 is 14.8 Å². The van der Waals surface area contributed by atoms with Crippen LogP contribution in [0.1, 0.15) is 25.8 Å². The minimum absolute atomic E-state index is 0.548. The van der Waals surface area contributed by atoms with Crippen molar-refractivity contribution in [3.63, 3.8) is 0 Å². The van der Waals surface area contributed by atoms with Gasteiger partial charge in [0, 0.05) is 13.2 Å². The normalized spacial score (nSPS) is 12.7. The fraction of sp³-hybridized carbons (Fsp3) is 0.625. The van der Waals surface area contributed by atoms with Crippen LogP contribution in [-0.4, -0.2) is 33.4 Å². The Morgan fingerprint density at radius 3 is 2.53 bits per heavy atom. The second kappa shape index (κ2) is 8.94. The van der Waals surface area contributed by atoms with Gasteiger partial charge in [-0.15, -0.1) is 0 Å². The van der Waals surface area contributed by atoms with Gasteiger partial charge in [0.25, 0.3) is 0 Å². The number of nitrogens with one attached hydrogen (secondary N) is 1. The molecule has 0 spiro atoms. The monoisotopic (exact) mass is 265 g/mol. The summed E-state index contributed by atoms with van der Waals surface area (Å²) in [4.78, 5) is 0. The van der Waals surface area contributed by atoms with Crippen LogP contribution in [-0.2, 0) is 11.2 Å². The fourth-order valence-corrected chi connectivity index (χ4v) is 2.21. The van der Waals surface area contributed by atoms with Crippen molar-refractivity contribution < 1.29 is 9.47 Å². The topological polar surface area (TPSA) is 30.5 Å². The molecule has 1 aromatic rings. The summed E-state index contributed by atoms with van der Waals surface area (Å²) in [6.07, 6.45) is 2.16. The summed E-state index contributed by atoms with van der Waals surface area (Å²) in [6.45, 7) is 5.73. The molecule has 0 aliphatic rings. The Morgan fingerprint density at radius 1 is 1.16 bits per heavy atom. The maximum Gasteiger partial charge on any atom is 0.122 e. The molecule has 0 amide bonds. The zero-order valence-corrected chi connectivity index (χ0v) is 12.6. The molecule has 0 radical (unpaired) electrons. The molecule has 1 atom stereocenters. The molecule has 1 aromatic carbocycles. The number of methoxy groups -OCH3 is 1. The van der Waals surface area contributed by atoms with Gasteiger partial charge in [-0.25, -0.2) is 0 Å². The van der Waals surface area contributed by atoms with E-state index in [-0.39, 0.29) is 0 Å². The van der Waals surface area contributed by atoms with Gasteiger partial charge in [0.15, 0.2) is 0 Å². The Morgan fingerprint density at radius 2 is 1.89 bits per heavy atom. The number of benzene rings is 1. The first-order valence-corrected chi connectivity index (χ1v) is 7.06. The van der Waals surface area contributed by atoms with Crippen LogP contribution in [0.4, 0.5) is 0 Å². The molecule has 1 N–H and O–H groups in total. The number of aryl methyl sites for hydroxylation is 1. The van der Waals surface area contributed by atoms with Gasteiger partial charge in [0.2, 0.25) is 0 Å². The lowest BCUT2D eigenvalue weighted by molar-refractivity contribution is 0.145. The van der Waals surface area contributed by atoms with Crippen LogP contribution in [0, 0.1) is 5.92 Å². The van der Waals surface area contributed by atoms with E-state index >= 15 is 0 Å². The number of para-hydroxylation sites is 1. The molecule has 0 aromatic heterocycles. The fourth-order valence-electron chi connectivity index (χ4n) is 2.21. The van der Waals surface area contributed by atoms with E-state index in [9.17, 15) is 0 Å². The van der Waals surface area contributed by atoms with Crippen LogP contribution in [0.25, 0.3) is 0 Å². The SMILES string of the molecule is CNC(CCc1ccccc1OCCOC)C(C)C. The Bertz CT molecular complexity index is 352. The highest BCUT2D eigenvalue weighted by Gasteiger charge is 2.12. The lowest BCUT2D eigenvalue weighted by Crippen LogP contribution is -2.31. The van der Waals surface area contributed by atoms with E-state index in [0.29, 0.717) is 25.2 Å². The Balaban J connectivity index is 2.56. The van der Waals surface area contributed by atoms with Crippen molar-refractivity contribution in [1.29, 1.82) is 0 Å². The summed E-state index contributed by atoms with van der Waals surface area (Å²) in [5.74, 6) is 1.63. The highest BCUT2D eigenvalue weighted by molar-refractivity contribution is 5.33. The molecule has 0 saturated heterocycles. The number of ether oxygens (including phenoxy) is 2. The Kier molecular flexibility index (Phi) is 7.53. The second-order valence-electron chi connectivity index (χ2n) is 5.13. The van der Waals surface area contributed by atoms with Gasteiger partial charge >= 0.3 is 0 Å². The molecule has 1 unspecified atom stereocenters. The summed E-state index contributed by atoms with van der Waals surface area (Å²) in [6, 6.07) is 8.82. The molecule has 108 valence electrons. The number of hydrogen-bond donors (Lipinski definition) is 1. The van der Waals surface area contributed by atoms with Gasteiger partial charge in [-0.2, -0.15) is 0 Å². The van der Waals surface area contributed by atoms with Crippen molar-refractivity contribution in [2.75, 3.05) is 27.4 Å². The van der Waals surface area contributed by atoms with E-state index in [0.717, 1.165) is 18.6 Å². The minimum atomic E-state index is 0.548. The highest BCUT2D eigenvalue weighted by Crippen LogP contribution is 2.21. The first-order valence-electron chi connectivity index (χ1n) is 7.06. The quantitative estimate of drug-likeness (QED) is 0.696. The van der Waals surface area contributed by atoms with E-state index < -0.39 is 0 Å². The van der Waals surface area contributed by atoms with Gasteiger partial charge in [0.05, 0.1) is 6.61 Å². The predicted molar refractivity (Wildman–Crippen MR) is 79.8 cm³/mol. The Hall–Kier alpha value is -1.06. The average molecular weight is 265 g/mol. The van der Waals surface area contributed by atoms with Crippen molar-refractivity contribution in [2.45, 2.75) is 32.7 Å². The van der Waals surface area contributed by atoms with Gasteiger partial charge in [0.1, 0.15) is 12.4 Å². The van der Waals surface area contributed by atoms with Gasteiger partial charge in [-0.1, -0.05) is 32.0 Å². The smallest absolute Gasteiger partial charge is 0.122 e. The summed E-state index contributed by atoms with van der Waals surface area (Å²) in [5.41, 5.74) is 1.28. The van der Waals surface area contributed by atoms with Crippen LogP contribution in [0.15, 0.2) is 24.3 Å². The van der Waals surface area contributed by atoms with Gasteiger partial charge in [-0.05, 0) is 37.4 Å². The molecule has 3 nitrogen and oxygen atoms in total. The van der Waals surface area contributed by atoms with E-state index in [1.807, 2.05) is 19.2 Å². The summed E-state index contributed by atoms with van der Waals surface area (Å²) < 4.78 is 10.8. The lowest BCUT2D eigenvalue weighted by atomic mass is 9.96. The van der Waals surface area contributed by atoms with Crippen molar-refractivity contribution >= 4 is 0 Å². The van der Waals surface area contributed by atoms with Crippen LogP contribution < -0.4 is 10.1 Å². The van der Waals surface area contributed by atoms with Crippen LogP contribution >= 0.6 is 0 Å². The highest BCUT2D eigenvalue weighted by atomic mass is 16.5. The standard InChI is InChI=1S/C16H27NO2/c1-13(2)15(17-3)10-9-14-7-5-6-8-16(14)19-12-11-18-4/h5-8,13,15,17H,9-12H2,1-4H3. The largest absolute Gasteiger partial charge is 0.491 e. The van der Waals surface area contributed by atoms with Gasteiger partial charge in [-0.3, -0.25) is 0 Å². The average Bonchev–Trinajstić information content (AvgIpc) is 2.41. The zero-order chi connectivity index (χ0) is 14.1. The van der Waals surface area contributed by atoms with Crippen molar-refractivity contribution in [2.24, 2.45) is 5.92 Å². The molecule has 0 aliphatic heterocycles. The Labute approximate surface area is 117 Å². The molecule has 19 heavy (non-hydrogen) atoms. The molecule has 0 heterocycles. The number of hydrogen-bond acceptors (Lipinski definition) is 3. The van der Waals surface area contributed by atoms with Crippen LogP contribution in [0.2, 0.25) is 0 Å². The maximum atomic E-state index is 5.76. The molecule has 1 rings (SSSR count). The van der Waals surface area contributed by atoms with Crippen LogP contribution in [0.5, 0.6) is 5.75 Å². The molecule has 0 aliphatic carbocycles. The lowest BCUT2D eigenvalue weighted by Gasteiger charge is -2.20. The summed E-state index contributed by atoms with van der Waals surface area (Å²) >= 11 is 0. The third-order valence-electron chi connectivity index (χ3n) is 3.42. The molecular formula is C16H27NO2. The van der Waals surface area contributed by atoms with E-state index in [1.54, 1.807) is 7.11 Å². The number of rotatable bonds is 9.